The first-order valence-electron chi connectivity index (χ1n) is 9.46. The van der Waals surface area contributed by atoms with Crippen molar-refractivity contribution in [2.75, 3.05) is 13.7 Å². The minimum Gasteiger partial charge on any atom is -0.497 e. The van der Waals surface area contributed by atoms with Gasteiger partial charge in [-0.3, -0.25) is 19.9 Å². The third-order valence-corrected chi connectivity index (χ3v) is 5.13. The molecule has 1 atom stereocenters. The van der Waals surface area contributed by atoms with E-state index in [4.69, 9.17) is 10.1 Å². The Kier molecular flexibility index (Phi) is 4.91. The molecule has 0 aliphatic carbocycles. The van der Waals surface area contributed by atoms with Gasteiger partial charge in [0.25, 0.3) is 11.8 Å². The van der Waals surface area contributed by atoms with Gasteiger partial charge in [-0.1, -0.05) is 17.9 Å². The van der Waals surface area contributed by atoms with Crippen molar-refractivity contribution in [3.63, 3.8) is 0 Å². The van der Waals surface area contributed by atoms with E-state index in [0.29, 0.717) is 34.8 Å². The average molecular weight is 417 g/mol. The molecule has 0 saturated carbocycles. The topological polar surface area (TPSA) is 124 Å². The third-order valence-electron chi connectivity index (χ3n) is 5.13. The number of ether oxygens (including phenoxy) is 1. The average Bonchev–Trinajstić information content (AvgIpc) is 3.21. The number of fused-ring (bicyclic) bond motifs is 1. The molecule has 2 aromatic rings. The van der Waals surface area contributed by atoms with Gasteiger partial charge in [0.1, 0.15) is 5.75 Å². The van der Waals surface area contributed by atoms with Crippen LogP contribution in [0.4, 0.5) is 4.79 Å². The highest BCUT2D eigenvalue weighted by molar-refractivity contribution is 6.10. The van der Waals surface area contributed by atoms with Crippen LogP contribution in [0.2, 0.25) is 0 Å². The quantitative estimate of drug-likeness (QED) is 0.390. The summed E-state index contributed by atoms with van der Waals surface area (Å²) < 4.78 is 5.18. The van der Waals surface area contributed by atoms with E-state index in [1.54, 1.807) is 37.3 Å². The van der Waals surface area contributed by atoms with Gasteiger partial charge in [-0.2, -0.15) is 0 Å². The fourth-order valence-corrected chi connectivity index (χ4v) is 3.48. The van der Waals surface area contributed by atoms with Crippen molar-refractivity contribution in [3.8, 4) is 17.6 Å². The summed E-state index contributed by atoms with van der Waals surface area (Å²) in [6.07, 6.45) is 1.49. The fraction of sp³-hybridized carbons (Fsp3) is 0.227. The van der Waals surface area contributed by atoms with Crippen LogP contribution in [-0.2, 0) is 11.3 Å². The summed E-state index contributed by atoms with van der Waals surface area (Å²) in [4.78, 5) is 43.1. The monoisotopic (exact) mass is 417 g/mol. The highest BCUT2D eigenvalue weighted by Gasteiger charge is 2.48. The molecule has 4 amide bonds. The molecule has 0 radical (unpaired) electrons. The van der Waals surface area contributed by atoms with Gasteiger partial charge in [0.15, 0.2) is 0 Å². The lowest BCUT2D eigenvalue weighted by atomic mass is 9.99. The Bertz CT molecular complexity index is 1180. The van der Waals surface area contributed by atoms with E-state index < -0.39 is 17.5 Å². The zero-order valence-corrected chi connectivity index (χ0v) is 16.9. The number of nitrogens with zero attached hydrogens (tertiary/aromatic N) is 2. The summed E-state index contributed by atoms with van der Waals surface area (Å²) in [6, 6.07) is 7.89. The van der Waals surface area contributed by atoms with E-state index in [0.717, 1.165) is 5.56 Å². The predicted molar refractivity (Wildman–Crippen MR) is 111 cm³/mol. The Morgan fingerprint density at radius 2 is 2.10 bits per heavy atom. The van der Waals surface area contributed by atoms with E-state index in [2.05, 4.69) is 27.5 Å². The van der Waals surface area contributed by atoms with Gasteiger partial charge in [-0.05, 0) is 36.8 Å². The molecular weight excluding hydrogens is 398 g/mol. The number of carbonyl (C=O) groups is 3. The Balaban J connectivity index is 1.63. The maximum absolute atomic E-state index is 12.9. The lowest BCUT2D eigenvalue weighted by Gasteiger charge is -2.26. The van der Waals surface area contributed by atoms with Crippen molar-refractivity contribution in [2.45, 2.75) is 19.0 Å². The molecule has 1 aromatic heterocycles. The number of rotatable bonds is 4. The van der Waals surface area contributed by atoms with Crippen LogP contribution in [0.1, 0.15) is 34.1 Å². The van der Waals surface area contributed by atoms with Gasteiger partial charge in [0.2, 0.25) is 5.54 Å². The number of nitrogens with one attached hydrogen (secondary N) is 3. The van der Waals surface area contributed by atoms with Crippen molar-refractivity contribution in [3.05, 3.63) is 58.9 Å². The molecule has 4 rings (SSSR count). The lowest BCUT2D eigenvalue weighted by molar-refractivity contribution is -0.122. The maximum atomic E-state index is 12.9. The SMILES string of the molecule is COc1ccc2c(c1)C(=O)N(C[C@@]1(C#Cc3ccc(C(C)=N)nc3)NC(=O)NC1=O)C2. The van der Waals surface area contributed by atoms with Gasteiger partial charge < -0.3 is 20.4 Å². The first kappa shape index (κ1) is 20.1. The maximum Gasteiger partial charge on any atom is 0.323 e. The van der Waals surface area contributed by atoms with Crippen molar-refractivity contribution in [1.29, 1.82) is 5.41 Å². The molecule has 1 fully saturated rings. The third kappa shape index (κ3) is 3.71. The Labute approximate surface area is 178 Å². The van der Waals surface area contributed by atoms with E-state index in [-0.39, 0.29) is 12.5 Å². The van der Waals surface area contributed by atoms with Gasteiger partial charge in [-0.25, -0.2) is 4.79 Å². The number of benzene rings is 1. The molecule has 9 heteroatoms. The summed E-state index contributed by atoms with van der Waals surface area (Å²) in [5.41, 5.74) is 1.06. The van der Waals surface area contributed by atoms with Gasteiger partial charge in [-0.15, -0.1) is 0 Å². The van der Waals surface area contributed by atoms with E-state index in [9.17, 15) is 14.4 Å². The molecule has 3 N–H and O–H groups in total. The molecule has 1 aromatic carbocycles. The van der Waals surface area contributed by atoms with Gasteiger partial charge >= 0.3 is 6.03 Å². The largest absolute Gasteiger partial charge is 0.497 e. The highest BCUT2D eigenvalue weighted by atomic mass is 16.5. The Morgan fingerprint density at radius 3 is 2.71 bits per heavy atom. The first-order valence-corrected chi connectivity index (χ1v) is 9.46. The second-order valence-electron chi connectivity index (χ2n) is 7.30. The summed E-state index contributed by atoms with van der Waals surface area (Å²) in [7, 11) is 1.52. The van der Waals surface area contributed by atoms with Crippen LogP contribution >= 0.6 is 0 Å². The molecule has 156 valence electrons. The molecule has 31 heavy (non-hydrogen) atoms. The summed E-state index contributed by atoms with van der Waals surface area (Å²) in [5.74, 6) is 5.36. The molecule has 3 heterocycles. The molecule has 0 unspecified atom stereocenters. The molecular formula is C22H19N5O4. The zero-order chi connectivity index (χ0) is 22.2. The van der Waals surface area contributed by atoms with Crippen molar-refractivity contribution < 1.29 is 19.1 Å². The molecule has 9 nitrogen and oxygen atoms in total. The summed E-state index contributed by atoms with van der Waals surface area (Å²) in [5, 5.41) is 12.4. The van der Waals surface area contributed by atoms with E-state index in [1.807, 2.05) is 0 Å². The highest BCUT2D eigenvalue weighted by Crippen LogP contribution is 2.28. The number of urea groups is 1. The van der Waals surface area contributed by atoms with Crippen LogP contribution in [0.3, 0.4) is 0 Å². The summed E-state index contributed by atoms with van der Waals surface area (Å²) >= 11 is 0. The zero-order valence-electron chi connectivity index (χ0n) is 16.9. The minimum absolute atomic E-state index is 0.113. The van der Waals surface area contributed by atoms with Crippen LogP contribution in [0.5, 0.6) is 5.75 Å². The van der Waals surface area contributed by atoms with Crippen LogP contribution in [0.25, 0.3) is 0 Å². The van der Waals surface area contributed by atoms with Crippen LogP contribution in [0.15, 0.2) is 36.5 Å². The number of pyridine rings is 1. The second-order valence-corrected chi connectivity index (χ2v) is 7.30. The Morgan fingerprint density at radius 1 is 1.29 bits per heavy atom. The normalized spacial score (nSPS) is 19.3. The standard InChI is InChI=1S/C22H19N5O4/c1-13(23)18-6-3-14(10-24-18)7-8-22(20(29)25-21(30)26-22)12-27-11-15-4-5-16(31-2)9-17(15)19(27)28/h3-6,9-10,23H,11-12H2,1-2H3,(H2,25,26,29,30)/t22-/m1/s1. The number of hydrogen-bond donors (Lipinski definition) is 3. The first-order chi connectivity index (χ1) is 14.8. The van der Waals surface area contributed by atoms with Gasteiger partial charge in [0.05, 0.1) is 25.1 Å². The molecule has 0 spiro atoms. The van der Waals surface area contributed by atoms with Crippen molar-refractivity contribution in [2.24, 2.45) is 0 Å². The smallest absolute Gasteiger partial charge is 0.323 e. The number of methoxy groups -OCH3 is 1. The van der Waals surface area contributed by atoms with Gasteiger partial charge in [0, 0.05) is 23.9 Å². The molecule has 2 aliphatic rings. The van der Waals surface area contributed by atoms with Crippen molar-refractivity contribution >= 4 is 23.6 Å². The summed E-state index contributed by atoms with van der Waals surface area (Å²) in [6.45, 7) is 1.81. The number of imide groups is 1. The molecule has 2 aliphatic heterocycles. The van der Waals surface area contributed by atoms with E-state index >= 15 is 0 Å². The second kappa shape index (κ2) is 7.57. The van der Waals surface area contributed by atoms with Crippen LogP contribution in [-0.4, -0.2) is 52.6 Å². The number of amides is 4. The number of aromatic nitrogens is 1. The van der Waals surface area contributed by atoms with Crippen LogP contribution < -0.4 is 15.4 Å². The predicted octanol–water partition coefficient (Wildman–Crippen LogP) is 1.06. The van der Waals surface area contributed by atoms with Crippen LogP contribution in [0, 0.1) is 17.3 Å². The Hall–Kier alpha value is -4.19. The molecule has 0 bridgehead atoms. The minimum atomic E-state index is -1.59. The lowest BCUT2D eigenvalue weighted by Crippen LogP contribution is -2.54. The van der Waals surface area contributed by atoms with Crippen molar-refractivity contribution in [1.82, 2.24) is 20.5 Å². The molecule has 1 saturated heterocycles. The van der Waals surface area contributed by atoms with E-state index in [1.165, 1.54) is 18.2 Å². The fourth-order valence-electron chi connectivity index (χ4n) is 3.48. The number of hydrogen-bond acceptors (Lipinski definition) is 6. The number of carbonyl (C=O) groups excluding carboxylic acids is 3.